The molecule has 150 valence electrons. The number of hydrogen-bond acceptors (Lipinski definition) is 4. The number of aromatic nitrogens is 1. The zero-order valence-electron chi connectivity index (χ0n) is 16.1. The maximum atomic E-state index is 13.2. The molecule has 0 saturated carbocycles. The average molecular weight is 437 g/mol. The summed E-state index contributed by atoms with van der Waals surface area (Å²) in [4.78, 5) is 14.6. The number of carboxylic acids is 1. The number of carbonyl (C=O) groups is 1. The van der Waals surface area contributed by atoms with Gasteiger partial charge < -0.3 is 9.51 Å². The van der Waals surface area contributed by atoms with E-state index in [1.165, 1.54) is 12.1 Å². The summed E-state index contributed by atoms with van der Waals surface area (Å²) in [5.41, 5.74) is 4.01. The third-order valence-electron chi connectivity index (χ3n) is 4.97. The fourth-order valence-corrected chi connectivity index (χ4v) is 5.48. The molecule has 4 aromatic rings. The third-order valence-corrected chi connectivity index (χ3v) is 7.13. The smallest absolute Gasteiger partial charge is 0.307 e. The van der Waals surface area contributed by atoms with Crippen LogP contribution in [0.4, 0.5) is 4.39 Å². The van der Waals surface area contributed by atoms with Gasteiger partial charge in [-0.1, -0.05) is 11.8 Å². The highest BCUT2D eigenvalue weighted by atomic mass is 32.2. The van der Waals surface area contributed by atoms with Crippen LogP contribution >= 0.6 is 23.1 Å². The molecule has 4 rings (SSSR count). The van der Waals surface area contributed by atoms with Crippen LogP contribution in [0.25, 0.3) is 5.52 Å². The molecule has 1 N–H and O–H groups in total. The van der Waals surface area contributed by atoms with Crippen molar-refractivity contribution in [2.24, 2.45) is 0 Å². The number of thiophene rings is 1. The number of rotatable bonds is 6. The molecule has 4 nitrogen and oxygen atoms in total. The molecule has 0 unspecified atom stereocenters. The molecule has 30 heavy (non-hydrogen) atoms. The van der Waals surface area contributed by atoms with Crippen molar-refractivity contribution in [1.29, 1.82) is 5.26 Å². The molecule has 1 aromatic carbocycles. The topological polar surface area (TPSA) is 65.5 Å². The number of nitriles is 1. The molecular formula is C23H17FN2O2S2. The van der Waals surface area contributed by atoms with E-state index in [9.17, 15) is 19.6 Å². The lowest BCUT2D eigenvalue weighted by molar-refractivity contribution is -0.136. The van der Waals surface area contributed by atoms with E-state index in [1.807, 2.05) is 28.8 Å². The minimum atomic E-state index is -0.884. The fourth-order valence-electron chi connectivity index (χ4n) is 3.51. The molecule has 7 heteroatoms. The first-order valence-electron chi connectivity index (χ1n) is 9.20. The van der Waals surface area contributed by atoms with Gasteiger partial charge in [0.05, 0.1) is 12.0 Å². The van der Waals surface area contributed by atoms with Crippen LogP contribution in [0.15, 0.2) is 63.8 Å². The van der Waals surface area contributed by atoms with E-state index in [0.717, 1.165) is 37.0 Å². The number of halogens is 1. The van der Waals surface area contributed by atoms with Crippen molar-refractivity contribution in [3.05, 3.63) is 87.1 Å². The lowest BCUT2D eigenvalue weighted by atomic mass is 10.1. The van der Waals surface area contributed by atoms with E-state index in [-0.39, 0.29) is 12.2 Å². The van der Waals surface area contributed by atoms with Crippen LogP contribution in [0, 0.1) is 24.1 Å². The van der Waals surface area contributed by atoms with Crippen molar-refractivity contribution in [3.8, 4) is 6.07 Å². The van der Waals surface area contributed by atoms with E-state index in [0.29, 0.717) is 12.0 Å². The van der Waals surface area contributed by atoms with Crippen molar-refractivity contribution in [1.82, 2.24) is 4.40 Å². The van der Waals surface area contributed by atoms with E-state index >= 15 is 0 Å². The van der Waals surface area contributed by atoms with Crippen molar-refractivity contribution in [3.63, 3.8) is 0 Å². The predicted octanol–water partition coefficient (Wildman–Crippen LogP) is 5.69. The molecule has 0 aliphatic heterocycles. The quantitative estimate of drug-likeness (QED) is 0.422. The number of pyridine rings is 1. The summed E-state index contributed by atoms with van der Waals surface area (Å²) in [6.45, 7) is 1.94. The third kappa shape index (κ3) is 3.97. The Hall–Kier alpha value is -3.08. The number of aliphatic carboxylic acids is 1. The van der Waals surface area contributed by atoms with Gasteiger partial charge >= 0.3 is 5.97 Å². The van der Waals surface area contributed by atoms with Gasteiger partial charge in [-0.3, -0.25) is 4.79 Å². The Balaban J connectivity index is 1.75. The van der Waals surface area contributed by atoms with Gasteiger partial charge in [-0.05, 0) is 65.9 Å². The molecule has 0 saturated heterocycles. The highest BCUT2D eigenvalue weighted by molar-refractivity contribution is 7.99. The van der Waals surface area contributed by atoms with Crippen LogP contribution in [0.1, 0.15) is 27.3 Å². The Kier molecular flexibility index (Phi) is 5.62. The number of fused-ring (bicyclic) bond motifs is 1. The van der Waals surface area contributed by atoms with Gasteiger partial charge in [0.15, 0.2) is 0 Å². The Morgan fingerprint density at radius 2 is 2.00 bits per heavy atom. The molecule has 0 aliphatic carbocycles. The number of nitrogens with zero attached hydrogens (tertiary/aromatic N) is 2. The normalized spacial score (nSPS) is 11.0. The maximum Gasteiger partial charge on any atom is 0.307 e. The second kappa shape index (κ2) is 8.34. The predicted molar refractivity (Wildman–Crippen MR) is 116 cm³/mol. The van der Waals surface area contributed by atoms with Gasteiger partial charge in [-0.15, -0.1) is 11.3 Å². The second-order valence-corrected chi connectivity index (χ2v) is 8.96. The molecule has 3 aromatic heterocycles. The van der Waals surface area contributed by atoms with E-state index in [2.05, 4.69) is 6.07 Å². The van der Waals surface area contributed by atoms with Crippen LogP contribution in [0.2, 0.25) is 0 Å². The van der Waals surface area contributed by atoms with E-state index < -0.39 is 5.97 Å². The van der Waals surface area contributed by atoms with E-state index in [1.54, 1.807) is 47.5 Å². The largest absolute Gasteiger partial charge is 0.481 e. The summed E-state index contributed by atoms with van der Waals surface area (Å²) >= 11 is 3.20. The molecule has 0 spiro atoms. The fraction of sp³-hybridized carbons (Fsp3) is 0.130. The van der Waals surface area contributed by atoms with Crippen LogP contribution < -0.4 is 0 Å². The van der Waals surface area contributed by atoms with Crippen LogP contribution in [-0.4, -0.2) is 15.5 Å². The SMILES string of the molecule is Cc1c(CC(=O)O)c2ccc(C#N)cn2c1Cc1sccc1Sc1ccc(F)cc1. The zero-order chi connectivity index (χ0) is 21.3. The Morgan fingerprint density at radius 3 is 2.70 bits per heavy atom. The minimum Gasteiger partial charge on any atom is -0.481 e. The Bertz CT molecular complexity index is 1280. The Labute approximate surface area is 181 Å². The maximum absolute atomic E-state index is 13.2. The zero-order valence-corrected chi connectivity index (χ0v) is 17.7. The van der Waals surface area contributed by atoms with Gasteiger partial charge in [0, 0.05) is 38.5 Å². The van der Waals surface area contributed by atoms with Gasteiger partial charge in [-0.25, -0.2) is 4.39 Å². The molecule has 0 aliphatic rings. The molecule has 0 atom stereocenters. The highest BCUT2D eigenvalue weighted by Crippen LogP contribution is 2.36. The van der Waals surface area contributed by atoms with Crippen LogP contribution in [-0.2, 0) is 17.6 Å². The van der Waals surface area contributed by atoms with Gasteiger partial charge in [0.25, 0.3) is 0 Å². The van der Waals surface area contributed by atoms with E-state index in [4.69, 9.17) is 0 Å². The minimum absolute atomic E-state index is 0.0666. The molecular weight excluding hydrogens is 419 g/mol. The number of benzene rings is 1. The highest BCUT2D eigenvalue weighted by Gasteiger charge is 2.19. The van der Waals surface area contributed by atoms with Crippen molar-refractivity contribution in [2.75, 3.05) is 0 Å². The van der Waals surface area contributed by atoms with Crippen molar-refractivity contribution >= 4 is 34.6 Å². The summed E-state index contributed by atoms with van der Waals surface area (Å²) in [5.74, 6) is -1.15. The lowest BCUT2D eigenvalue weighted by Gasteiger charge is -2.07. The van der Waals surface area contributed by atoms with Gasteiger partial charge in [-0.2, -0.15) is 5.26 Å². The van der Waals surface area contributed by atoms with Crippen molar-refractivity contribution in [2.45, 2.75) is 29.6 Å². The second-order valence-electron chi connectivity index (χ2n) is 6.85. The summed E-state index contributed by atoms with van der Waals surface area (Å²) < 4.78 is 15.1. The first kappa shape index (κ1) is 20.2. The number of hydrogen-bond donors (Lipinski definition) is 1. The van der Waals surface area contributed by atoms with Gasteiger partial charge in [0.2, 0.25) is 0 Å². The standard InChI is InChI=1S/C23H17FN2O2S2/c1-14-18(10-23(27)28)19-7-2-15(12-25)13-26(19)20(14)11-22-21(8-9-29-22)30-17-5-3-16(24)4-6-17/h2-9,13H,10-11H2,1H3,(H,27,28). The van der Waals surface area contributed by atoms with Crippen molar-refractivity contribution < 1.29 is 14.3 Å². The molecule has 3 heterocycles. The summed E-state index contributed by atoms with van der Waals surface area (Å²) in [6, 6.07) is 14.1. The molecule has 0 fully saturated rings. The molecule has 0 radical (unpaired) electrons. The monoisotopic (exact) mass is 436 g/mol. The average Bonchev–Trinajstić information content (AvgIpc) is 3.27. The first-order chi connectivity index (χ1) is 14.5. The lowest BCUT2D eigenvalue weighted by Crippen LogP contribution is -2.01. The van der Waals surface area contributed by atoms with Gasteiger partial charge in [0.1, 0.15) is 11.9 Å². The molecule has 0 bridgehead atoms. The molecule has 0 amide bonds. The first-order valence-corrected chi connectivity index (χ1v) is 10.9. The summed E-state index contributed by atoms with van der Waals surface area (Å²) in [7, 11) is 0. The summed E-state index contributed by atoms with van der Waals surface area (Å²) in [6.07, 6.45) is 2.31. The summed E-state index contributed by atoms with van der Waals surface area (Å²) in [5, 5.41) is 20.7. The number of carboxylic acid groups (broad SMARTS) is 1. The van der Waals surface area contributed by atoms with Crippen LogP contribution in [0.3, 0.4) is 0 Å². The van der Waals surface area contributed by atoms with Crippen LogP contribution in [0.5, 0.6) is 0 Å². The Morgan fingerprint density at radius 1 is 1.23 bits per heavy atom.